The van der Waals surface area contributed by atoms with Gasteiger partial charge in [-0.1, -0.05) is 6.07 Å². The SMILES string of the molecule is CC(=O)Nc1ccc(S(=O)(=O)NN=Cc2cccc(O)c2O)cc1. The fourth-order valence-electron chi connectivity index (χ4n) is 1.79. The number of rotatable bonds is 5. The molecule has 2 aromatic carbocycles. The number of phenolic OH excluding ortho intramolecular Hbond substituents is 2. The highest BCUT2D eigenvalue weighted by atomic mass is 32.2. The molecule has 0 heterocycles. The Morgan fingerprint density at radius 1 is 1.12 bits per heavy atom. The number of phenols is 2. The third kappa shape index (κ3) is 4.23. The number of benzene rings is 2. The highest BCUT2D eigenvalue weighted by molar-refractivity contribution is 7.89. The molecular weight excluding hydrogens is 334 g/mol. The van der Waals surface area contributed by atoms with Crippen molar-refractivity contribution in [2.45, 2.75) is 11.8 Å². The molecule has 0 aromatic heterocycles. The fourth-order valence-corrected chi connectivity index (χ4v) is 2.58. The number of amides is 1. The molecule has 9 heteroatoms. The van der Waals surface area contributed by atoms with Crippen LogP contribution in [0.25, 0.3) is 0 Å². The lowest BCUT2D eigenvalue weighted by Gasteiger charge is -2.06. The van der Waals surface area contributed by atoms with E-state index in [1.54, 1.807) is 0 Å². The van der Waals surface area contributed by atoms with Gasteiger partial charge in [0.05, 0.1) is 11.1 Å². The van der Waals surface area contributed by atoms with Crippen molar-refractivity contribution in [1.82, 2.24) is 4.83 Å². The van der Waals surface area contributed by atoms with E-state index in [9.17, 15) is 23.4 Å². The summed E-state index contributed by atoms with van der Waals surface area (Å²) in [4.78, 5) is 12.9. The zero-order chi connectivity index (χ0) is 17.7. The number of nitrogens with one attached hydrogen (secondary N) is 2. The van der Waals surface area contributed by atoms with E-state index in [2.05, 4.69) is 10.4 Å². The smallest absolute Gasteiger partial charge is 0.276 e. The lowest BCUT2D eigenvalue weighted by atomic mass is 10.2. The van der Waals surface area contributed by atoms with Crippen LogP contribution in [0.1, 0.15) is 12.5 Å². The number of para-hydroxylation sites is 1. The van der Waals surface area contributed by atoms with E-state index in [1.807, 2.05) is 4.83 Å². The number of hydrogen-bond donors (Lipinski definition) is 4. The first-order valence-electron chi connectivity index (χ1n) is 6.73. The van der Waals surface area contributed by atoms with Gasteiger partial charge in [-0.25, -0.2) is 4.83 Å². The van der Waals surface area contributed by atoms with Crippen LogP contribution >= 0.6 is 0 Å². The molecule has 2 rings (SSSR count). The molecule has 2 aromatic rings. The summed E-state index contributed by atoms with van der Waals surface area (Å²) >= 11 is 0. The highest BCUT2D eigenvalue weighted by Gasteiger charge is 2.12. The quantitative estimate of drug-likeness (QED) is 0.368. The predicted octanol–water partition coefficient (Wildman–Crippen LogP) is 1.37. The van der Waals surface area contributed by atoms with Gasteiger partial charge < -0.3 is 15.5 Å². The number of hydrazone groups is 1. The second kappa shape index (κ2) is 7.01. The Morgan fingerprint density at radius 2 is 1.79 bits per heavy atom. The third-order valence-electron chi connectivity index (χ3n) is 2.91. The van der Waals surface area contributed by atoms with Crippen molar-refractivity contribution in [3.05, 3.63) is 48.0 Å². The molecule has 0 atom stereocenters. The number of anilines is 1. The van der Waals surface area contributed by atoms with Gasteiger partial charge in [-0.15, -0.1) is 0 Å². The second-order valence-electron chi connectivity index (χ2n) is 4.77. The van der Waals surface area contributed by atoms with E-state index >= 15 is 0 Å². The molecule has 0 saturated heterocycles. The van der Waals surface area contributed by atoms with Gasteiger partial charge in [0, 0.05) is 18.2 Å². The van der Waals surface area contributed by atoms with Crippen LogP contribution in [0.3, 0.4) is 0 Å². The number of aromatic hydroxyl groups is 2. The summed E-state index contributed by atoms with van der Waals surface area (Å²) in [6.07, 6.45) is 1.07. The molecule has 0 radical (unpaired) electrons. The Bertz CT molecular complexity index is 876. The third-order valence-corrected chi connectivity index (χ3v) is 4.15. The van der Waals surface area contributed by atoms with Crippen molar-refractivity contribution in [3.63, 3.8) is 0 Å². The standard InChI is InChI=1S/C15H15N3O5S/c1-10(19)17-12-5-7-13(8-6-12)24(22,23)18-16-9-11-3-2-4-14(20)15(11)21/h2-9,18,20-21H,1H3,(H,17,19). The molecule has 0 fully saturated rings. The number of carbonyl (C=O) groups excluding carboxylic acids is 1. The average Bonchev–Trinajstić information content (AvgIpc) is 2.51. The first kappa shape index (κ1) is 17.3. The molecule has 4 N–H and O–H groups in total. The molecule has 0 aliphatic rings. The minimum Gasteiger partial charge on any atom is -0.504 e. The van der Waals surface area contributed by atoms with E-state index < -0.39 is 15.8 Å². The normalized spacial score (nSPS) is 11.4. The van der Waals surface area contributed by atoms with Crippen LogP contribution in [-0.2, 0) is 14.8 Å². The molecule has 0 aliphatic heterocycles. The first-order chi connectivity index (χ1) is 11.3. The maximum Gasteiger partial charge on any atom is 0.276 e. The van der Waals surface area contributed by atoms with Gasteiger partial charge in [0.15, 0.2) is 11.5 Å². The second-order valence-corrected chi connectivity index (χ2v) is 6.43. The largest absolute Gasteiger partial charge is 0.504 e. The first-order valence-corrected chi connectivity index (χ1v) is 8.21. The topological polar surface area (TPSA) is 128 Å². The van der Waals surface area contributed by atoms with Crippen LogP contribution in [-0.4, -0.2) is 30.8 Å². The summed E-state index contributed by atoms with van der Waals surface area (Å²) in [6, 6.07) is 9.74. The van der Waals surface area contributed by atoms with Crippen molar-refractivity contribution in [2.75, 3.05) is 5.32 Å². The zero-order valence-electron chi connectivity index (χ0n) is 12.6. The number of sulfonamides is 1. The van der Waals surface area contributed by atoms with Crippen LogP contribution in [0.5, 0.6) is 11.5 Å². The predicted molar refractivity (Wildman–Crippen MR) is 88.4 cm³/mol. The minimum absolute atomic E-state index is 0.0473. The molecule has 126 valence electrons. The Morgan fingerprint density at radius 3 is 2.42 bits per heavy atom. The van der Waals surface area contributed by atoms with Gasteiger partial charge in [0.1, 0.15) is 0 Å². The lowest BCUT2D eigenvalue weighted by molar-refractivity contribution is -0.114. The fraction of sp³-hybridized carbons (Fsp3) is 0.0667. The summed E-state index contributed by atoms with van der Waals surface area (Å²) in [5, 5.41) is 25.0. The number of carbonyl (C=O) groups is 1. The number of hydrogen-bond acceptors (Lipinski definition) is 6. The van der Waals surface area contributed by atoms with Crippen LogP contribution in [0.15, 0.2) is 52.5 Å². The summed E-state index contributed by atoms with van der Waals surface area (Å²) in [7, 11) is -3.90. The number of nitrogens with zero attached hydrogens (tertiary/aromatic N) is 1. The Balaban J connectivity index is 2.12. The molecule has 24 heavy (non-hydrogen) atoms. The van der Waals surface area contributed by atoms with E-state index in [1.165, 1.54) is 49.4 Å². The molecule has 0 aliphatic carbocycles. The molecule has 8 nitrogen and oxygen atoms in total. The summed E-state index contributed by atoms with van der Waals surface area (Å²) in [5.74, 6) is -1.00. The van der Waals surface area contributed by atoms with Gasteiger partial charge in [-0.05, 0) is 36.4 Å². The van der Waals surface area contributed by atoms with Crippen molar-refractivity contribution in [2.24, 2.45) is 5.10 Å². The van der Waals surface area contributed by atoms with Crippen molar-refractivity contribution in [3.8, 4) is 11.5 Å². The van der Waals surface area contributed by atoms with Crippen LogP contribution in [0.4, 0.5) is 5.69 Å². The van der Waals surface area contributed by atoms with Crippen LogP contribution in [0.2, 0.25) is 0 Å². The van der Waals surface area contributed by atoms with E-state index in [-0.39, 0.29) is 22.1 Å². The van der Waals surface area contributed by atoms with E-state index in [4.69, 9.17) is 0 Å². The summed E-state index contributed by atoms with van der Waals surface area (Å²) in [5.41, 5.74) is 0.619. The molecule has 0 unspecified atom stereocenters. The van der Waals surface area contributed by atoms with E-state index in [0.717, 1.165) is 6.21 Å². The van der Waals surface area contributed by atoms with Gasteiger partial charge >= 0.3 is 0 Å². The van der Waals surface area contributed by atoms with Crippen molar-refractivity contribution in [1.29, 1.82) is 0 Å². The average molecular weight is 349 g/mol. The van der Waals surface area contributed by atoms with E-state index in [0.29, 0.717) is 5.69 Å². The van der Waals surface area contributed by atoms with Crippen LogP contribution < -0.4 is 10.1 Å². The monoisotopic (exact) mass is 349 g/mol. The Hall–Kier alpha value is -3.07. The maximum atomic E-state index is 12.1. The molecule has 0 saturated carbocycles. The molecule has 0 spiro atoms. The zero-order valence-corrected chi connectivity index (χ0v) is 13.4. The van der Waals surface area contributed by atoms with Gasteiger partial charge in [-0.2, -0.15) is 13.5 Å². The van der Waals surface area contributed by atoms with Crippen molar-refractivity contribution >= 4 is 27.8 Å². The van der Waals surface area contributed by atoms with Crippen molar-refractivity contribution < 1.29 is 23.4 Å². The highest BCUT2D eigenvalue weighted by Crippen LogP contribution is 2.26. The minimum atomic E-state index is -3.90. The van der Waals surface area contributed by atoms with Gasteiger partial charge in [-0.3, -0.25) is 4.79 Å². The Labute approximate surface area is 138 Å². The Kier molecular flexibility index (Phi) is 5.05. The summed E-state index contributed by atoms with van der Waals surface area (Å²) < 4.78 is 24.2. The summed E-state index contributed by atoms with van der Waals surface area (Å²) in [6.45, 7) is 1.34. The molecule has 0 bridgehead atoms. The van der Waals surface area contributed by atoms with Crippen LogP contribution in [0, 0.1) is 0 Å². The lowest BCUT2D eigenvalue weighted by Crippen LogP contribution is -2.18. The maximum absolute atomic E-state index is 12.1. The van der Waals surface area contributed by atoms with Gasteiger partial charge in [0.25, 0.3) is 10.0 Å². The van der Waals surface area contributed by atoms with Gasteiger partial charge in [0.2, 0.25) is 5.91 Å². The molecule has 1 amide bonds. The molecular formula is C15H15N3O5S.